The molecule has 0 aliphatic carbocycles. The fourth-order valence-corrected chi connectivity index (χ4v) is 4.25. The highest BCUT2D eigenvalue weighted by Gasteiger charge is 2.32. The summed E-state index contributed by atoms with van der Waals surface area (Å²) in [5.74, 6) is 0.570. The summed E-state index contributed by atoms with van der Waals surface area (Å²) in [6.07, 6.45) is -0.809. The van der Waals surface area contributed by atoms with Gasteiger partial charge in [-0.2, -0.15) is 0 Å². The molecule has 0 heterocycles. The predicted octanol–water partition coefficient (Wildman–Crippen LogP) is 4.70. The van der Waals surface area contributed by atoms with Crippen molar-refractivity contribution in [1.82, 2.24) is 5.32 Å². The first-order valence-corrected chi connectivity index (χ1v) is 11.0. The number of sulfone groups is 1. The molecule has 2 aromatic rings. The van der Waals surface area contributed by atoms with Gasteiger partial charge >= 0.3 is 6.09 Å². The van der Waals surface area contributed by atoms with Crippen molar-refractivity contribution in [2.24, 2.45) is 0 Å². The predicted molar refractivity (Wildman–Crippen MR) is 113 cm³/mol. The summed E-state index contributed by atoms with van der Waals surface area (Å²) >= 11 is 0. The van der Waals surface area contributed by atoms with Crippen LogP contribution >= 0.6 is 0 Å². The molecule has 2 aromatic carbocycles. The summed E-state index contributed by atoms with van der Waals surface area (Å²) in [7, 11) is -3.93. The van der Waals surface area contributed by atoms with Crippen LogP contribution in [-0.4, -0.2) is 26.7 Å². The zero-order valence-electron chi connectivity index (χ0n) is 17.8. The lowest BCUT2D eigenvalue weighted by Gasteiger charge is -2.24. The van der Waals surface area contributed by atoms with Crippen molar-refractivity contribution in [2.75, 3.05) is 6.61 Å². The number of aryl methyl sites for hydroxylation is 2. The maximum Gasteiger partial charge on any atom is 0.408 e. The van der Waals surface area contributed by atoms with Gasteiger partial charge in [0.15, 0.2) is 5.37 Å². The molecule has 6 nitrogen and oxygen atoms in total. The number of alkyl carbamates (subject to hydrolysis) is 1. The van der Waals surface area contributed by atoms with Gasteiger partial charge in [0.25, 0.3) is 0 Å². The molecule has 29 heavy (non-hydrogen) atoms. The van der Waals surface area contributed by atoms with Crippen molar-refractivity contribution in [1.29, 1.82) is 0 Å². The fourth-order valence-electron chi connectivity index (χ4n) is 2.71. The summed E-state index contributed by atoms with van der Waals surface area (Å²) in [4.78, 5) is 12.5. The van der Waals surface area contributed by atoms with Crippen LogP contribution in [-0.2, 0) is 14.6 Å². The van der Waals surface area contributed by atoms with Gasteiger partial charge in [-0.3, -0.25) is 0 Å². The van der Waals surface area contributed by atoms with E-state index in [1.165, 1.54) is 12.1 Å². The molecule has 0 saturated carbocycles. The summed E-state index contributed by atoms with van der Waals surface area (Å²) in [5, 5.41) is 1.21. The van der Waals surface area contributed by atoms with Gasteiger partial charge in [0.1, 0.15) is 11.4 Å². The van der Waals surface area contributed by atoms with Crippen molar-refractivity contribution >= 4 is 15.9 Å². The molecular weight excluding hydrogens is 390 g/mol. The number of ether oxygens (including phenoxy) is 2. The Balaban J connectivity index is 2.52. The molecule has 0 radical (unpaired) electrons. The molecule has 1 amide bonds. The molecule has 0 saturated heterocycles. The SMILES string of the molecule is CCOc1cc(C(NC(=O)OC(C)(C)C)S(=O)(=O)c2ccc(C)cc2)ccc1C. The number of nitrogens with one attached hydrogen (secondary N) is 1. The van der Waals surface area contributed by atoms with E-state index < -0.39 is 26.9 Å². The monoisotopic (exact) mass is 419 g/mol. The second-order valence-corrected chi connectivity index (χ2v) is 9.88. The molecular formula is C22H29NO5S. The Morgan fingerprint density at radius 3 is 2.24 bits per heavy atom. The van der Waals surface area contributed by atoms with E-state index in [1.807, 2.05) is 20.8 Å². The Morgan fingerprint density at radius 2 is 1.69 bits per heavy atom. The van der Waals surface area contributed by atoms with Crippen LogP contribution in [0.3, 0.4) is 0 Å². The summed E-state index contributed by atoms with van der Waals surface area (Å²) in [6.45, 7) is 11.2. The first-order chi connectivity index (χ1) is 13.4. The van der Waals surface area contributed by atoms with E-state index >= 15 is 0 Å². The zero-order valence-corrected chi connectivity index (χ0v) is 18.6. The van der Waals surface area contributed by atoms with Gasteiger partial charge in [0.05, 0.1) is 11.5 Å². The number of amides is 1. The van der Waals surface area contributed by atoms with Crippen LogP contribution in [0.15, 0.2) is 47.4 Å². The number of rotatable bonds is 6. The summed E-state index contributed by atoms with van der Waals surface area (Å²) in [6, 6.07) is 11.6. The van der Waals surface area contributed by atoms with E-state index in [9.17, 15) is 13.2 Å². The number of hydrogen-bond acceptors (Lipinski definition) is 5. The summed E-state index contributed by atoms with van der Waals surface area (Å²) in [5.41, 5.74) is 1.45. The topological polar surface area (TPSA) is 81.7 Å². The number of carbonyl (C=O) groups excluding carboxylic acids is 1. The smallest absolute Gasteiger partial charge is 0.408 e. The second kappa shape index (κ2) is 8.86. The minimum Gasteiger partial charge on any atom is -0.494 e. The number of hydrogen-bond donors (Lipinski definition) is 1. The molecule has 0 aliphatic rings. The van der Waals surface area contributed by atoms with Crippen LogP contribution in [0.4, 0.5) is 4.79 Å². The third kappa shape index (κ3) is 5.97. The van der Waals surface area contributed by atoms with Gasteiger partial charge in [0, 0.05) is 0 Å². The molecule has 158 valence electrons. The third-order valence-corrected chi connectivity index (χ3v) is 6.06. The lowest BCUT2D eigenvalue weighted by molar-refractivity contribution is 0.0519. The normalized spacial score (nSPS) is 12.9. The van der Waals surface area contributed by atoms with Crippen molar-refractivity contribution < 1.29 is 22.7 Å². The van der Waals surface area contributed by atoms with Crippen LogP contribution in [0.25, 0.3) is 0 Å². The maximum absolute atomic E-state index is 13.4. The fraction of sp³-hybridized carbons (Fsp3) is 0.409. The standard InChI is InChI=1S/C22H29NO5S/c1-7-27-19-14-17(11-10-16(19)3)20(23-21(24)28-22(4,5)6)29(25,26)18-12-8-15(2)9-13-18/h8-14,20H,7H2,1-6H3,(H,23,24). The Morgan fingerprint density at radius 1 is 1.07 bits per heavy atom. The molecule has 7 heteroatoms. The highest BCUT2D eigenvalue weighted by atomic mass is 32.2. The van der Waals surface area contributed by atoms with E-state index in [4.69, 9.17) is 9.47 Å². The quantitative estimate of drug-likeness (QED) is 0.734. The maximum atomic E-state index is 13.4. The molecule has 2 rings (SSSR count). The van der Waals surface area contributed by atoms with Gasteiger partial charge in [-0.15, -0.1) is 0 Å². The van der Waals surface area contributed by atoms with Crippen molar-refractivity contribution in [3.63, 3.8) is 0 Å². The molecule has 1 unspecified atom stereocenters. The van der Waals surface area contributed by atoms with E-state index in [0.717, 1.165) is 11.1 Å². The van der Waals surface area contributed by atoms with E-state index in [0.29, 0.717) is 17.9 Å². The largest absolute Gasteiger partial charge is 0.494 e. The van der Waals surface area contributed by atoms with Crippen LogP contribution in [0.1, 0.15) is 49.8 Å². The van der Waals surface area contributed by atoms with Gasteiger partial charge < -0.3 is 14.8 Å². The Hall–Kier alpha value is -2.54. The van der Waals surface area contributed by atoms with Crippen molar-refractivity contribution in [2.45, 2.75) is 57.4 Å². The van der Waals surface area contributed by atoms with Crippen LogP contribution in [0.5, 0.6) is 5.75 Å². The Labute approximate surface area is 173 Å². The van der Waals surface area contributed by atoms with Gasteiger partial charge in [0.2, 0.25) is 9.84 Å². The van der Waals surface area contributed by atoms with Gasteiger partial charge in [-0.25, -0.2) is 13.2 Å². The van der Waals surface area contributed by atoms with Crippen molar-refractivity contribution in [3.05, 3.63) is 59.2 Å². The molecule has 0 fully saturated rings. The second-order valence-electron chi connectivity index (χ2n) is 7.84. The first kappa shape index (κ1) is 22.7. The molecule has 1 atom stereocenters. The van der Waals surface area contributed by atoms with Gasteiger partial charge in [-0.1, -0.05) is 29.8 Å². The van der Waals surface area contributed by atoms with E-state index in [1.54, 1.807) is 51.1 Å². The number of carbonyl (C=O) groups is 1. The molecule has 0 aromatic heterocycles. The third-order valence-electron chi connectivity index (χ3n) is 4.12. The average Bonchev–Trinajstić information content (AvgIpc) is 2.61. The Kier molecular flexibility index (Phi) is 6.95. The average molecular weight is 420 g/mol. The first-order valence-electron chi connectivity index (χ1n) is 9.47. The van der Waals surface area contributed by atoms with Gasteiger partial charge in [-0.05, 0) is 70.9 Å². The molecule has 0 bridgehead atoms. The Bertz CT molecular complexity index is 960. The minimum atomic E-state index is -3.93. The van der Waals surface area contributed by atoms with E-state index in [2.05, 4.69) is 5.32 Å². The van der Waals surface area contributed by atoms with E-state index in [-0.39, 0.29) is 4.90 Å². The lowest BCUT2D eigenvalue weighted by atomic mass is 10.1. The van der Waals surface area contributed by atoms with Crippen LogP contribution in [0, 0.1) is 13.8 Å². The highest BCUT2D eigenvalue weighted by molar-refractivity contribution is 7.91. The van der Waals surface area contributed by atoms with Crippen molar-refractivity contribution in [3.8, 4) is 5.75 Å². The number of benzene rings is 2. The minimum absolute atomic E-state index is 0.114. The zero-order chi connectivity index (χ0) is 21.8. The van der Waals surface area contributed by atoms with Crippen LogP contribution < -0.4 is 10.1 Å². The molecule has 0 aliphatic heterocycles. The lowest BCUT2D eigenvalue weighted by Crippen LogP contribution is -2.38. The van der Waals surface area contributed by atoms with Crippen LogP contribution in [0.2, 0.25) is 0 Å². The molecule has 0 spiro atoms. The summed E-state index contributed by atoms with van der Waals surface area (Å²) < 4.78 is 37.7. The highest BCUT2D eigenvalue weighted by Crippen LogP contribution is 2.31. The molecule has 1 N–H and O–H groups in total.